The van der Waals surface area contributed by atoms with Crippen molar-refractivity contribution in [1.82, 2.24) is 20.9 Å². The van der Waals surface area contributed by atoms with Crippen molar-refractivity contribution in [3.8, 4) is 0 Å². The minimum Gasteiger partial charge on any atom is -0.338 e. The van der Waals surface area contributed by atoms with E-state index in [0.717, 1.165) is 30.6 Å². The zero-order valence-electron chi connectivity index (χ0n) is 13.6. The van der Waals surface area contributed by atoms with Crippen molar-refractivity contribution in [2.75, 3.05) is 13.1 Å². The highest BCUT2D eigenvalue weighted by atomic mass is 16.2. The molecular formula is C15H24N4O4. The smallest absolute Gasteiger partial charge is 0.325 e. The molecule has 1 spiro atoms. The number of carbonyl (C=O) groups excluding carboxylic acids is 4. The maximum atomic E-state index is 12.7. The molecule has 1 aliphatic heterocycles. The summed E-state index contributed by atoms with van der Waals surface area (Å²) in [6, 6.07) is -1.18. The molecule has 2 aliphatic rings. The molecular weight excluding hydrogens is 300 g/mol. The number of carbonyl (C=O) groups is 4. The summed E-state index contributed by atoms with van der Waals surface area (Å²) in [6.45, 7) is 3.83. The van der Waals surface area contributed by atoms with Crippen LogP contribution >= 0.6 is 0 Å². The minimum atomic E-state index is -0.889. The van der Waals surface area contributed by atoms with Crippen molar-refractivity contribution in [1.29, 1.82) is 0 Å². The van der Waals surface area contributed by atoms with E-state index in [2.05, 4.69) is 16.0 Å². The van der Waals surface area contributed by atoms with Gasteiger partial charge in [0, 0.05) is 6.54 Å². The second-order valence-electron chi connectivity index (χ2n) is 6.24. The van der Waals surface area contributed by atoms with Gasteiger partial charge in [-0.15, -0.1) is 0 Å². The van der Waals surface area contributed by atoms with Gasteiger partial charge in [-0.2, -0.15) is 0 Å². The average molecular weight is 324 g/mol. The van der Waals surface area contributed by atoms with Crippen molar-refractivity contribution >= 4 is 23.9 Å². The molecule has 2 atom stereocenters. The molecule has 0 radical (unpaired) electrons. The van der Waals surface area contributed by atoms with Crippen molar-refractivity contribution in [3.05, 3.63) is 0 Å². The van der Waals surface area contributed by atoms with Gasteiger partial charge in [0.2, 0.25) is 5.91 Å². The third-order valence-corrected chi connectivity index (χ3v) is 4.59. The van der Waals surface area contributed by atoms with Crippen LogP contribution in [0.2, 0.25) is 0 Å². The van der Waals surface area contributed by atoms with E-state index < -0.39 is 30.1 Å². The molecule has 6 amide bonds. The van der Waals surface area contributed by atoms with Crippen LogP contribution in [-0.4, -0.2) is 47.4 Å². The molecule has 23 heavy (non-hydrogen) atoms. The third kappa shape index (κ3) is 3.46. The fourth-order valence-corrected chi connectivity index (χ4v) is 3.23. The quantitative estimate of drug-likeness (QED) is 0.662. The Kier molecular flexibility index (Phi) is 5.23. The predicted octanol–water partition coefficient (Wildman–Crippen LogP) is 0.723. The van der Waals surface area contributed by atoms with Crippen LogP contribution in [0.15, 0.2) is 0 Å². The van der Waals surface area contributed by atoms with E-state index >= 15 is 0 Å². The topological polar surface area (TPSA) is 108 Å². The largest absolute Gasteiger partial charge is 0.338 e. The molecule has 2 rings (SSSR count). The number of rotatable bonds is 4. The lowest BCUT2D eigenvalue weighted by atomic mass is 9.73. The molecule has 3 N–H and O–H groups in total. The molecule has 1 saturated carbocycles. The lowest BCUT2D eigenvalue weighted by Gasteiger charge is -2.36. The van der Waals surface area contributed by atoms with E-state index in [0.29, 0.717) is 13.0 Å². The van der Waals surface area contributed by atoms with Gasteiger partial charge in [-0.05, 0) is 25.2 Å². The molecule has 128 valence electrons. The van der Waals surface area contributed by atoms with Crippen molar-refractivity contribution in [2.45, 2.75) is 51.5 Å². The van der Waals surface area contributed by atoms with Crippen LogP contribution < -0.4 is 16.0 Å². The first kappa shape index (κ1) is 17.2. The Balaban J connectivity index is 1.98. The predicted molar refractivity (Wildman–Crippen MR) is 82.4 cm³/mol. The highest BCUT2D eigenvalue weighted by molar-refractivity contribution is 6.10. The van der Waals surface area contributed by atoms with Gasteiger partial charge in [-0.3, -0.25) is 19.8 Å². The fourth-order valence-electron chi connectivity index (χ4n) is 3.23. The van der Waals surface area contributed by atoms with Crippen LogP contribution in [0.3, 0.4) is 0 Å². The zero-order chi connectivity index (χ0) is 17.0. The SMILES string of the molecule is CCCNC(=O)NC(=O)CN1C(=O)N[C@]2(CCCC[C@H]2C)C1=O. The second-order valence-corrected chi connectivity index (χ2v) is 6.24. The Morgan fingerprint density at radius 2 is 2.09 bits per heavy atom. The number of nitrogens with zero attached hydrogens (tertiary/aromatic N) is 1. The molecule has 2 fully saturated rings. The maximum absolute atomic E-state index is 12.7. The van der Waals surface area contributed by atoms with Gasteiger partial charge >= 0.3 is 12.1 Å². The molecule has 0 bridgehead atoms. The summed E-state index contributed by atoms with van der Waals surface area (Å²) in [7, 11) is 0. The van der Waals surface area contributed by atoms with Gasteiger partial charge in [0.05, 0.1) is 0 Å². The molecule has 0 unspecified atom stereocenters. The highest BCUT2D eigenvalue weighted by Crippen LogP contribution is 2.38. The lowest BCUT2D eigenvalue weighted by Crippen LogP contribution is -2.54. The lowest BCUT2D eigenvalue weighted by molar-refractivity contribution is -0.137. The maximum Gasteiger partial charge on any atom is 0.325 e. The molecule has 1 saturated heterocycles. The fraction of sp³-hybridized carbons (Fsp3) is 0.733. The first-order valence-electron chi connectivity index (χ1n) is 8.12. The molecule has 0 aromatic heterocycles. The summed E-state index contributed by atoms with van der Waals surface area (Å²) in [6.07, 6.45) is 4.11. The van der Waals surface area contributed by atoms with Crippen LogP contribution in [0.25, 0.3) is 0 Å². The van der Waals surface area contributed by atoms with Gasteiger partial charge in [0.25, 0.3) is 5.91 Å². The Bertz CT molecular complexity index is 522. The Morgan fingerprint density at radius 3 is 2.74 bits per heavy atom. The summed E-state index contributed by atoms with van der Waals surface area (Å²) in [5, 5.41) is 7.39. The van der Waals surface area contributed by atoms with Gasteiger partial charge in [-0.1, -0.05) is 26.7 Å². The van der Waals surface area contributed by atoms with Crippen molar-refractivity contribution in [3.63, 3.8) is 0 Å². The summed E-state index contributed by atoms with van der Waals surface area (Å²) in [4.78, 5) is 49.0. The average Bonchev–Trinajstić information content (AvgIpc) is 2.73. The second kappa shape index (κ2) is 6.97. The zero-order valence-corrected chi connectivity index (χ0v) is 13.6. The van der Waals surface area contributed by atoms with Crippen molar-refractivity contribution in [2.24, 2.45) is 5.92 Å². The normalized spacial score (nSPS) is 27.0. The summed E-state index contributed by atoms with van der Waals surface area (Å²) < 4.78 is 0. The highest BCUT2D eigenvalue weighted by Gasteiger charge is 2.55. The van der Waals surface area contributed by atoms with Crippen LogP contribution in [0.4, 0.5) is 9.59 Å². The van der Waals surface area contributed by atoms with E-state index in [9.17, 15) is 19.2 Å². The van der Waals surface area contributed by atoms with Crippen molar-refractivity contribution < 1.29 is 19.2 Å². The number of hydrogen-bond acceptors (Lipinski definition) is 4. The number of nitrogens with one attached hydrogen (secondary N) is 3. The molecule has 8 nitrogen and oxygen atoms in total. The van der Waals surface area contributed by atoms with E-state index in [1.807, 2.05) is 13.8 Å². The van der Waals surface area contributed by atoms with Crippen LogP contribution in [0, 0.1) is 5.92 Å². The van der Waals surface area contributed by atoms with Crippen LogP contribution in [-0.2, 0) is 9.59 Å². The molecule has 1 aliphatic carbocycles. The molecule has 0 aromatic carbocycles. The number of hydrogen-bond donors (Lipinski definition) is 3. The Morgan fingerprint density at radius 1 is 1.35 bits per heavy atom. The Labute approximate surface area is 135 Å². The van der Waals surface area contributed by atoms with Gasteiger partial charge in [0.1, 0.15) is 12.1 Å². The number of urea groups is 2. The number of amides is 6. The van der Waals surface area contributed by atoms with Gasteiger partial charge in [0.15, 0.2) is 0 Å². The Hall–Kier alpha value is -2.12. The van der Waals surface area contributed by atoms with Gasteiger partial charge in [-0.25, -0.2) is 9.59 Å². The summed E-state index contributed by atoms with van der Waals surface area (Å²) in [5.41, 5.74) is -0.889. The molecule has 1 heterocycles. The third-order valence-electron chi connectivity index (χ3n) is 4.59. The molecule has 0 aromatic rings. The van der Waals surface area contributed by atoms with E-state index in [1.54, 1.807) is 0 Å². The van der Waals surface area contributed by atoms with Crippen LogP contribution in [0.5, 0.6) is 0 Å². The first-order valence-corrected chi connectivity index (χ1v) is 8.12. The standard InChI is InChI=1S/C15H24N4O4/c1-3-8-16-13(22)17-11(20)9-19-12(21)15(18-14(19)23)7-5-4-6-10(15)2/h10H,3-9H2,1-2H3,(H,18,23)(H2,16,17,20,22)/t10-,15+/m1/s1. The van der Waals surface area contributed by atoms with Gasteiger partial charge < -0.3 is 10.6 Å². The minimum absolute atomic E-state index is 0.0358. The van der Waals surface area contributed by atoms with Crippen LogP contribution in [0.1, 0.15) is 46.0 Å². The summed E-state index contributed by atoms with van der Waals surface area (Å²) in [5.74, 6) is -1.00. The molecule has 8 heteroatoms. The first-order chi connectivity index (χ1) is 10.9. The monoisotopic (exact) mass is 324 g/mol. The van der Waals surface area contributed by atoms with E-state index in [1.165, 1.54) is 0 Å². The number of imide groups is 2. The van der Waals surface area contributed by atoms with E-state index in [4.69, 9.17) is 0 Å². The summed E-state index contributed by atoms with van der Waals surface area (Å²) >= 11 is 0. The van der Waals surface area contributed by atoms with E-state index in [-0.39, 0.29) is 11.8 Å².